The Morgan fingerprint density at radius 3 is 2.56 bits per heavy atom. The van der Waals surface area contributed by atoms with Crippen LogP contribution in [0.1, 0.15) is 26.3 Å². The van der Waals surface area contributed by atoms with E-state index in [1.807, 2.05) is 24.8 Å². The van der Waals surface area contributed by atoms with Gasteiger partial charge in [-0.25, -0.2) is 4.79 Å². The zero-order valence-corrected chi connectivity index (χ0v) is 15.0. The van der Waals surface area contributed by atoms with Crippen molar-refractivity contribution in [1.82, 2.24) is 4.90 Å². The van der Waals surface area contributed by atoms with Crippen molar-refractivity contribution in [2.24, 2.45) is 0 Å². The lowest BCUT2D eigenvalue weighted by Gasteiger charge is -2.29. The number of nitriles is 1. The summed E-state index contributed by atoms with van der Waals surface area (Å²) in [6.45, 7) is 7.39. The number of carbonyl (C=O) groups excluding carboxylic acids is 1. The van der Waals surface area contributed by atoms with E-state index in [0.717, 1.165) is 13.1 Å². The average Bonchev–Trinajstić information content (AvgIpc) is 2.63. The molecule has 0 saturated heterocycles. The van der Waals surface area contributed by atoms with Gasteiger partial charge in [0.15, 0.2) is 5.88 Å². The molecule has 0 amide bonds. The summed E-state index contributed by atoms with van der Waals surface area (Å²) in [6, 6.07) is 7.25. The first-order valence-corrected chi connectivity index (χ1v) is 8.23. The third-order valence-corrected chi connectivity index (χ3v) is 3.90. The largest absolute Gasteiger partial charge is 0.497 e. The highest BCUT2D eigenvalue weighted by Crippen LogP contribution is 2.38. The van der Waals surface area contributed by atoms with Crippen LogP contribution < -0.4 is 9.47 Å². The molecule has 1 aromatic rings. The SMILES string of the molecule is CCOC(=O)/C(C#N)=C1\C=C(N(CC)CC)Oc2cc(OC)ccc21. The Kier molecular flexibility index (Phi) is 6.07. The van der Waals surface area contributed by atoms with Crippen molar-refractivity contribution < 1.29 is 19.0 Å². The van der Waals surface area contributed by atoms with Gasteiger partial charge in [0.1, 0.15) is 23.1 Å². The van der Waals surface area contributed by atoms with Gasteiger partial charge in [0, 0.05) is 36.4 Å². The highest BCUT2D eigenvalue weighted by molar-refractivity contribution is 6.05. The Labute approximate surface area is 147 Å². The standard InChI is InChI=1S/C19H22N2O4/c1-5-21(6-2)18-11-15(16(12-20)19(22)24-7-3)14-9-8-13(23-4)10-17(14)25-18/h8-11H,5-7H2,1-4H3/b16-15+. The minimum atomic E-state index is -0.640. The van der Waals surface area contributed by atoms with Crippen LogP contribution >= 0.6 is 0 Å². The zero-order chi connectivity index (χ0) is 18.4. The maximum absolute atomic E-state index is 12.2. The molecule has 0 saturated carbocycles. The summed E-state index contributed by atoms with van der Waals surface area (Å²) >= 11 is 0. The number of benzene rings is 1. The lowest BCUT2D eigenvalue weighted by Crippen LogP contribution is -2.27. The Morgan fingerprint density at radius 2 is 2.00 bits per heavy atom. The van der Waals surface area contributed by atoms with Crippen LogP contribution in [0.2, 0.25) is 0 Å². The predicted octanol–water partition coefficient (Wildman–Crippen LogP) is 3.11. The molecular formula is C19H22N2O4. The van der Waals surface area contributed by atoms with E-state index in [4.69, 9.17) is 14.2 Å². The molecular weight excluding hydrogens is 320 g/mol. The first-order valence-electron chi connectivity index (χ1n) is 8.23. The van der Waals surface area contributed by atoms with E-state index in [1.165, 1.54) is 0 Å². The number of fused-ring (bicyclic) bond motifs is 1. The van der Waals surface area contributed by atoms with Gasteiger partial charge in [0.25, 0.3) is 0 Å². The summed E-state index contributed by atoms with van der Waals surface area (Å²) in [6.07, 6.45) is 1.72. The van der Waals surface area contributed by atoms with Crippen LogP contribution in [-0.2, 0) is 9.53 Å². The van der Waals surface area contributed by atoms with Gasteiger partial charge in [-0.3, -0.25) is 0 Å². The smallest absolute Gasteiger partial charge is 0.349 e. The van der Waals surface area contributed by atoms with E-state index in [1.54, 1.807) is 38.3 Å². The second kappa shape index (κ2) is 8.25. The summed E-state index contributed by atoms with van der Waals surface area (Å²) < 4.78 is 16.3. The fourth-order valence-electron chi connectivity index (χ4n) is 2.60. The lowest BCUT2D eigenvalue weighted by atomic mass is 9.97. The van der Waals surface area contributed by atoms with Crippen molar-refractivity contribution in [2.45, 2.75) is 20.8 Å². The second-order valence-electron chi connectivity index (χ2n) is 5.24. The van der Waals surface area contributed by atoms with Gasteiger partial charge in [-0.1, -0.05) is 0 Å². The Bertz CT molecular complexity index is 755. The van der Waals surface area contributed by atoms with Gasteiger partial charge in [0.2, 0.25) is 0 Å². The first kappa shape index (κ1) is 18.4. The number of hydrogen-bond donors (Lipinski definition) is 0. The van der Waals surface area contributed by atoms with E-state index in [2.05, 4.69) is 0 Å². The minimum absolute atomic E-state index is 0.0405. The average molecular weight is 342 g/mol. The Balaban J connectivity index is 2.66. The molecule has 0 aromatic heterocycles. The summed E-state index contributed by atoms with van der Waals surface area (Å²) in [5.74, 6) is 1.11. The molecule has 1 aromatic carbocycles. The van der Waals surface area contributed by atoms with Crippen LogP contribution in [0.3, 0.4) is 0 Å². The topological polar surface area (TPSA) is 71.8 Å². The molecule has 25 heavy (non-hydrogen) atoms. The highest BCUT2D eigenvalue weighted by Gasteiger charge is 2.26. The van der Waals surface area contributed by atoms with E-state index in [0.29, 0.717) is 28.5 Å². The monoisotopic (exact) mass is 342 g/mol. The normalized spacial score (nSPS) is 14.4. The third-order valence-electron chi connectivity index (χ3n) is 3.90. The lowest BCUT2D eigenvalue weighted by molar-refractivity contribution is -0.137. The molecule has 1 heterocycles. The molecule has 0 atom stereocenters. The number of esters is 1. The molecule has 0 radical (unpaired) electrons. The van der Waals surface area contributed by atoms with Crippen LogP contribution in [0.4, 0.5) is 0 Å². The number of carbonyl (C=O) groups is 1. The molecule has 2 rings (SSSR count). The summed E-state index contributed by atoms with van der Waals surface area (Å²) in [4.78, 5) is 14.2. The van der Waals surface area contributed by atoms with Crippen molar-refractivity contribution in [2.75, 3.05) is 26.8 Å². The second-order valence-corrected chi connectivity index (χ2v) is 5.24. The molecule has 1 aliphatic heterocycles. The molecule has 0 spiro atoms. The number of rotatable bonds is 6. The first-order chi connectivity index (χ1) is 12.1. The number of ether oxygens (including phenoxy) is 3. The van der Waals surface area contributed by atoms with Gasteiger partial charge < -0.3 is 19.1 Å². The maximum Gasteiger partial charge on any atom is 0.349 e. The van der Waals surface area contributed by atoms with Gasteiger partial charge in [0.05, 0.1) is 13.7 Å². The van der Waals surface area contributed by atoms with E-state index < -0.39 is 5.97 Å². The van der Waals surface area contributed by atoms with Crippen molar-refractivity contribution in [3.63, 3.8) is 0 Å². The number of allylic oxidation sites excluding steroid dienone is 2. The van der Waals surface area contributed by atoms with Gasteiger partial charge in [-0.2, -0.15) is 5.26 Å². The van der Waals surface area contributed by atoms with Gasteiger partial charge in [-0.15, -0.1) is 0 Å². The summed E-state index contributed by atoms with van der Waals surface area (Å²) in [5.41, 5.74) is 1.11. The quantitative estimate of drug-likeness (QED) is 0.449. The van der Waals surface area contributed by atoms with Crippen LogP contribution in [0.25, 0.3) is 5.57 Å². The molecule has 0 aliphatic carbocycles. The molecule has 6 nitrogen and oxygen atoms in total. The number of methoxy groups -OCH3 is 1. The summed E-state index contributed by atoms with van der Waals surface area (Å²) in [5, 5.41) is 9.52. The van der Waals surface area contributed by atoms with Crippen molar-refractivity contribution >= 4 is 11.5 Å². The number of hydrogen-bond acceptors (Lipinski definition) is 6. The maximum atomic E-state index is 12.2. The van der Waals surface area contributed by atoms with Crippen LogP contribution in [0, 0.1) is 11.3 Å². The zero-order valence-electron chi connectivity index (χ0n) is 15.0. The van der Waals surface area contributed by atoms with Crippen molar-refractivity contribution in [3.05, 3.63) is 41.3 Å². The fourth-order valence-corrected chi connectivity index (χ4v) is 2.60. The van der Waals surface area contributed by atoms with Crippen molar-refractivity contribution in [3.8, 4) is 17.6 Å². The summed E-state index contributed by atoms with van der Waals surface area (Å²) in [7, 11) is 1.57. The number of nitrogens with zero attached hydrogens (tertiary/aromatic N) is 2. The molecule has 0 fully saturated rings. The van der Waals surface area contributed by atoms with Crippen LogP contribution in [0.15, 0.2) is 35.7 Å². The van der Waals surface area contributed by atoms with Crippen LogP contribution in [-0.4, -0.2) is 37.7 Å². The molecule has 0 unspecified atom stereocenters. The third kappa shape index (κ3) is 3.77. The predicted molar refractivity (Wildman–Crippen MR) is 93.8 cm³/mol. The Hall–Kier alpha value is -2.94. The van der Waals surface area contributed by atoms with Gasteiger partial charge >= 0.3 is 5.97 Å². The van der Waals surface area contributed by atoms with E-state index in [9.17, 15) is 10.1 Å². The molecule has 0 N–H and O–H groups in total. The highest BCUT2D eigenvalue weighted by atomic mass is 16.5. The molecule has 132 valence electrons. The van der Waals surface area contributed by atoms with E-state index in [-0.39, 0.29) is 12.2 Å². The molecule has 6 heteroatoms. The van der Waals surface area contributed by atoms with Crippen LogP contribution in [0.5, 0.6) is 11.5 Å². The molecule has 0 bridgehead atoms. The minimum Gasteiger partial charge on any atom is -0.497 e. The fraction of sp³-hybridized carbons (Fsp3) is 0.368. The molecule has 1 aliphatic rings. The van der Waals surface area contributed by atoms with Gasteiger partial charge in [-0.05, 0) is 32.9 Å². The Morgan fingerprint density at radius 1 is 1.28 bits per heavy atom. The van der Waals surface area contributed by atoms with Crippen molar-refractivity contribution in [1.29, 1.82) is 5.26 Å². The van der Waals surface area contributed by atoms with E-state index >= 15 is 0 Å².